The number of benzene rings is 1. The average molecular weight is 291 g/mol. The fraction of sp³-hybridized carbons (Fsp3) is 0.588. The van der Waals surface area contributed by atoms with Crippen molar-refractivity contribution in [2.75, 3.05) is 12.4 Å². The summed E-state index contributed by atoms with van der Waals surface area (Å²) in [5.74, 6) is 0.520. The smallest absolute Gasteiger partial charge is 0.224 e. The minimum Gasteiger partial charge on any atom is -0.392 e. The Bertz CT molecular complexity index is 479. The van der Waals surface area contributed by atoms with Crippen LogP contribution in [0.3, 0.4) is 0 Å². The number of amides is 1. The van der Waals surface area contributed by atoms with Crippen molar-refractivity contribution >= 4 is 11.6 Å². The maximum atomic E-state index is 12.2. The second-order valence-electron chi connectivity index (χ2n) is 5.94. The van der Waals surface area contributed by atoms with Gasteiger partial charge < -0.3 is 15.2 Å². The number of ether oxygens (including phenoxy) is 1. The summed E-state index contributed by atoms with van der Waals surface area (Å²) in [5, 5.41) is 12.1. The van der Waals surface area contributed by atoms with Crippen molar-refractivity contribution in [3.05, 3.63) is 29.3 Å². The van der Waals surface area contributed by atoms with Crippen LogP contribution in [0, 0.1) is 12.8 Å². The maximum absolute atomic E-state index is 12.2. The summed E-state index contributed by atoms with van der Waals surface area (Å²) in [5.41, 5.74) is 2.64. The lowest BCUT2D eigenvalue weighted by atomic mass is 9.85. The van der Waals surface area contributed by atoms with Crippen LogP contribution in [0.2, 0.25) is 0 Å². The Hall–Kier alpha value is -1.39. The lowest BCUT2D eigenvalue weighted by molar-refractivity contribution is -0.117. The van der Waals surface area contributed by atoms with Gasteiger partial charge in [-0.15, -0.1) is 0 Å². The molecule has 0 bridgehead atoms. The molecule has 0 spiro atoms. The molecule has 0 atom stereocenters. The van der Waals surface area contributed by atoms with Crippen LogP contribution in [0.15, 0.2) is 18.2 Å². The first-order valence-corrected chi connectivity index (χ1v) is 7.65. The van der Waals surface area contributed by atoms with E-state index in [1.54, 1.807) is 7.11 Å². The van der Waals surface area contributed by atoms with Gasteiger partial charge in [-0.3, -0.25) is 4.79 Å². The summed E-state index contributed by atoms with van der Waals surface area (Å²) in [7, 11) is 1.76. The highest BCUT2D eigenvalue weighted by molar-refractivity contribution is 5.91. The van der Waals surface area contributed by atoms with Crippen LogP contribution < -0.4 is 5.32 Å². The molecule has 2 rings (SSSR count). The standard InChI is InChI=1S/C17H25NO3/c1-12-3-4-14(11-19)9-16(12)18-17(20)10-13-5-7-15(21-2)8-6-13/h3-4,9,13,15,19H,5-8,10-11H2,1-2H3,(H,18,20). The molecule has 0 aliphatic heterocycles. The third kappa shape index (κ3) is 4.55. The maximum Gasteiger partial charge on any atom is 0.224 e. The molecular formula is C17H25NO3. The van der Waals surface area contributed by atoms with E-state index in [0.29, 0.717) is 18.4 Å². The highest BCUT2D eigenvalue weighted by Gasteiger charge is 2.22. The highest BCUT2D eigenvalue weighted by atomic mass is 16.5. The van der Waals surface area contributed by atoms with Gasteiger partial charge in [-0.2, -0.15) is 0 Å². The minimum absolute atomic E-state index is 0.00974. The monoisotopic (exact) mass is 291 g/mol. The van der Waals surface area contributed by atoms with E-state index in [2.05, 4.69) is 5.32 Å². The van der Waals surface area contributed by atoms with Gasteiger partial charge in [0.2, 0.25) is 5.91 Å². The Kier molecular flexibility index (Phi) is 5.76. The number of carbonyl (C=O) groups is 1. The summed E-state index contributed by atoms with van der Waals surface area (Å²) < 4.78 is 5.36. The number of methoxy groups -OCH3 is 1. The molecule has 1 aromatic carbocycles. The molecule has 21 heavy (non-hydrogen) atoms. The fourth-order valence-corrected chi connectivity index (χ4v) is 2.94. The van der Waals surface area contributed by atoms with Crippen LogP contribution in [0.5, 0.6) is 0 Å². The van der Waals surface area contributed by atoms with Gasteiger partial charge in [0.05, 0.1) is 12.7 Å². The van der Waals surface area contributed by atoms with Crippen molar-refractivity contribution in [1.82, 2.24) is 0 Å². The predicted octanol–water partition coefficient (Wildman–Crippen LogP) is 3.02. The zero-order chi connectivity index (χ0) is 15.2. The van der Waals surface area contributed by atoms with E-state index in [1.165, 1.54) is 0 Å². The molecule has 0 heterocycles. The fourth-order valence-electron chi connectivity index (χ4n) is 2.94. The summed E-state index contributed by atoms with van der Waals surface area (Å²) in [6.45, 7) is 1.95. The van der Waals surface area contributed by atoms with E-state index in [-0.39, 0.29) is 12.5 Å². The molecular weight excluding hydrogens is 266 g/mol. The lowest BCUT2D eigenvalue weighted by Crippen LogP contribution is -2.24. The summed E-state index contributed by atoms with van der Waals surface area (Å²) in [6, 6.07) is 5.64. The first kappa shape index (κ1) is 16.0. The van der Waals surface area contributed by atoms with Crippen molar-refractivity contribution in [3.8, 4) is 0 Å². The van der Waals surface area contributed by atoms with Crippen molar-refractivity contribution in [2.24, 2.45) is 5.92 Å². The van der Waals surface area contributed by atoms with Crippen LogP contribution in [0.1, 0.15) is 43.2 Å². The van der Waals surface area contributed by atoms with Crippen molar-refractivity contribution < 1.29 is 14.6 Å². The van der Waals surface area contributed by atoms with E-state index < -0.39 is 0 Å². The number of aryl methyl sites for hydroxylation is 1. The molecule has 2 N–H and O–H groups in total. The quantitative estimate of drug-likeness (QED) is 0.876. The van der Waals surface area contributed by atoms with Gasteiger partial charge in [-0.1, -0.05) is 12.1 Å². The number of hydrogen-bond acceptors (Lipinski definition) is 3. The Morgan fingerprint density at radius 1 is 1.33 bits per heavy atom. The van der Waals surface area contributed by atoms with Crippen LogP contribution in [0.25, 0.3) is 0 Å². The molecule has 116 valence electrons. The number of aliphatic hydroxyl groups excluding tert-OH is 1. The van der Waals surface area contributed by atoms with Crippen LogP contribution in [-0.4, -0.2) is 24.2 Å². The van der Waals surface area contributed by atoms with E-state index in [9.17, 15) is 9.90 Å². The molecule has 1 amide bonds. The van der Waals surface area contributed by atoms with Gasteiger partial charge in [-0.25, -0.2) is 0 Å². The number of aliphatic hydroxyl groups is 1. The second kappa shape index (κ2) is 7.57. The van der Waals surface area contributed by atoms with Gasteiger partial charge in [0.15, 0.2) is 0 Å². The van der Waals surface area contributed by atoms with Crippen molar-refractivity contribution in [2.45, 2.75) is 51.7 Å². The Morgan fingerprint density at radius 2 is 2.05 bits per heavy atom. The molecule has 0 saturated heterocycles. The molecule has 1 aliphatic carbocycles. The molecule has 4 nitrogen and oxygen atoms in total. The van der Waals surface area contributed by atoms with E-state index in [4.69, 9.17) is 4.74 Å². The molecule has 0 aromatic heterocycles. The summed E-state index contributed by atoms with van der Waals surface area (Å²) in [4.78, 5) is 12.2. The normalized spacial score (nSPS) is 22.0. The van der Waals surface area contributed by atoms with Gasteiger partial charge in [0.1, 0.15) is 0 Å². The van der Waals surface area contributed by atoms with E-state index >= 15 is 0 Å². The zero-order valence-electron chi connectivity index (χ0n) is 12.9. The van der Waals surface area contributed by atoms with Gasteiger partial charge in [0.25, 0.3) is 0 Å². The number of hydrogen-bond donors (Lipinski definition) is 2. The van der Waals surface area contributed by atoms with E-state index in [0.717, 1.165) is 42.5 Å². The first-order valence-electron chi connectivity index (χ1n) is 7.65. The largest absolute Gasteiger partial charge is 0.392 e. The van der Waals surface area contributed by atoms with Gasteiger partial charge >= 0.3 is 0 Å². The molecule has 0 radical (unpaired) electrons. The lowest BCUT2D eigenvalue weighted by Gasteiger charge is -2.27. The topological polar surface area (TPSA) is 58.6 Å². The third-order valence-electron chi connectivity index (χ3n) is 4.36. The Labute approximate surface area is 126 Å². The van der Waals surface area contributed by atoms with Crippen LogP contribution >= 0.6 is 0 Å². The number of anilines is 1. The molecule has 1 saturated carbocycles. The van der Waals surface area contributed by atoms with E-state index in [1.807, 2.05) is 25.1 Å². The van der Waals surface area contributed by atoms with Gasteiger partial charge in [-0.05, 0) is 55.7 Å². The molecule has 4 heteroatoms. The molecule has 1 fully saturated rings. The molecule has 0 unspecified atom stereocenters. The molecule has 1 aliphatic rings. The van der Waals surface area contributed by atoms with Crippen molar-refractivity contribution in [3.63, 3.8) is 0 Å². The SMILES string of the molecule is COC1CCC(CC(=O)Nc2cc(CO)ccc2C)CC1. The summed E-state index contributed by atoms with van der Waals surface area (Å²) >= 11 is 0. The number of carbonyl (C=O) groups excluding carboxylic acids is 1. The Balaban J connectivity index is 1.87. The molecule has 1 aromatic rings. The Morgan fingerprint density at radius 3 is 2.67 bits per heavy atom. The predicted molar refractivity (Wildman–Crippen MR) is 83.1 cm³/mol. The van der Waals surface area contributed by atoms with Gasteiger partial charge in [0, 0.05) is 19.2 Å². The first-order chi connectivity index (χ1) is 10.1. The number of nitrogens with one attached hydrogen (secondary N) is 1. The number of rotatable bonds is 5. The average Bonchev–Trinajstić information content (AvgIpc) is 2.50. The highest BCUT2D eigenvalue weighted by Crippen LogP contribution is 2.28. The minimum atomic E-state index is -0.00974. The third-order valence-corrected chi connectivity index (χ3v) is 4.36. The van der Waals surface area contributed by atoms with Crippen LogP contribution in [0.4, 0.5) is 5.69 Å². The van der Waals surface area contributed by atoms with Crippen molar-refractivity contribution in [1.29, 1.82) is 0 Å². The second-order valence-corrected chi connectivity index (χ2v) is 5.94. The summed E-state index contributed by atoms with van der Waals surface area (Å²) in [6.07, 6.45) is 5.15. The van der Waals surface area contributed by atoms with Crippen LogP contribution in [-0.2, 0) is 16.1 Å². The zero-order valence-corrected chi connectivity index (χ0v) is 12.9.